The second kappa shape index (κ2) is 5.54. The highest BCUT2D eigenvalue weighted by Crippen LogP contribution is 2.25. The van der Waals surface area contributed by atoms with Gasteiger partial charge < -0.3 is 11.1 Å². The first-order chi connectivity index (χ1) is 8.32. The molecular weight excluding hydrogens is 241 g/mol. The van der Waals surface area contributed by atoms with E-state index in [0.717, 1.165) is 18.2 Å². The van der Waals surface area contributed by atoms with Crippen molar-refractivity contribution >= 4 is 17.3 Å². The van der Waals surface area contributed by atoms with E-state index in [-0.39, 0.29) is 17.3 Å². The molecule has 0 unspecified atom stereocenters. The van der Waals surface area contributed by atoms with Gasteiger partial charge in [-0.1, -0.05) is 13.8 Å². The molecule has 1 atom stereocenters. The lowest BCUT2D eigenvalue weighted by atomic mass is 10.0. The molecule has 3 N–H and O–H groups in total. The third-order valence-electron chi connectivity index (χ3n) is 2.43. The molecule has 7 heteroatoms. The third kappa shape index (κ3) is 3.24. The summed E-state index contributed by atoms with van der Waals surface area (Å²) >= 11 is 0. The molecular formula is C11H14FN3O3. The molecule has 18 heavy (non-hydrogen) atoms. The van der Waals surface area contributed by atoms with Gasteiger partial charge in [0, 0.05) is 12.1 Å². The van der Waals surface area contributed by atoms with Gasteiger partial charge in [0.05, 0.1) is 11.0 Å². The van der Waals surface area contributed by atoms with Crippen molar-refractivity contribution in [1.82, 2.24) is 0 Å². The molecule has 1 rings (SSSR count). The predicted molar refractivity (Wildman–Crippen MR) is 64.5 cm³/mol. The number of hydrogen-bond donors (Lipinski definition) is 2. The van der Waals surface area contributed by atoms with E-state index in [1.807, 2.05) is 0 Å². The normalized spacial score (nSPS) is 12.3. The molecule has 0 saturated carbocycles. The number of nitro benzene ring substituents is 1. The van der Waals surface area contributed by atoms with E-state index >= 15 is 0 Å². The maximum absolute atomic E-state index is 13.0. The highest BCUT2D eigenvalue weighted by Gasteiger charge is 2.21. The first kappa shape index (κ1) is 14.0. The minimum absolute atomic E-state index is 0.127. The number of rotatable bonds is 4. The molecule has 0 fully saturated rings. The minimum Gasteiger partial charge on any atom is -0.320 e. The number of nitrogens with one attached hydrogen (secondary N) is 1. The van der Waals surface area contributed by atoms with E-state index in [9.17, 15) is 19.3 Å². The van der Waals surface area contributed by atoms with Crippen LogP contribution in [0.1, 0.15) is 13.8 Å². The lowest BCUT2D eigenvalue weighted by Gasteiger charge is -2.15. The molecule has 0 radical (unpaired) electrons. The molecule has 0 bridgehead atoms. The summed E-state index contributed by atoms with van der Waals surface area (Å²) in [4.78, 5) is 21.7. The largest absolute Gasteiger partial charge is 0.320 e. The van der Waals surface area contributed by atoms with Gasteiger partial charge in [-0.3, -0.25) is 14.9 Å². The second-order valence-corrected chi connectivity index (χ2v) is 4.18. The number of amides is 1. The van der Waals surface area contributed by atoms with E-state index in [2.05, 4.69) is 5.32 Å². The fourth-order valence-electron chi connectivity index (χ4n) is 1.29. The van der Waals surface area contributed by atoms with Crippen LogP contribution in [0.15, 0.2) is 18.2 Å². The van der Waals surface area contributed by atoms with Crippen molar-refractivity contribution < 1.29 is 14.1 Å². The number of nitrogens with two attached hydrogens (primary N) is 1. The van der Waals surface area contributed by atoms with Crippen molar-refractivity contribution in [2.45, 2.75) is 19.9 Å². The van der Waals surface area contributed by atoms with Gasteiger partial charge in [-0.2, -0.15) is 0 Å². The van der Waals surface area contributed by atoms with Gasteiger partial charge in [0.1, 0.15) is 11.5 Å². The summed E-state index contributed by atoms with van der Waals surface area (Å²) < 4.78 is 13.0. The Morgan fingerprint density at radius 1 is 1.50 bits per heavy atom. The lowest BCUT2D eigenvalue weighted by Crippen LogP contribution is -2.39. The van der Waals surface area contributed by atoms with Gasteiger partial charge in [0.25, 0.3) is 5.69 Å². The van der Waals surface area contributed by atoms with Crippen LogP contribution < -0.4 is 11.1 Å². The average Bonchev–Trinajstić information content (AvgIpc) is 2.27. The summed E-state index contributed by atoms with van der Waals surface area (Å²) in [5.41, 5.74) is 5.03. The van der Waals surface area contributed by atoms with Gasteiger partial charge >= 0.3 is 0 Å². The highest BCUT2D eigenvalue weighted by atomic mass is 19.1. The Balaban J connectivity index is 2.99. The Kier molecular flexibility index (Phi) is 4.33. The Bertz CT molecular complexity index is 477. The topological polar surface area (TPSA) is 98.3 Å². The fourth-order valence-corrected chi connectivity index (χ4v) is 1.29. The number of nitrogens with zero attached hydrogens (tertiary/aromatic N) is 1. The molecule has 0 aromatic heterocycles. The van der Waals surface area contributed by atoms with E-state index in [4.69, 9.17) is 5.73 Å². The van der Waals surface area contributed by atoms with E-state index in [1.54, 1.807) is 13.8 Å². The summed E-state index contributed by atoms with van der Waals surface area (Å²) in [6, 6.07) is 2.03. The summed E-state index contributed by atoms with van der Waals surface area (Å²) in [7, 11) is 0. The number of anilines is 1. The molecule has 0 saturated heterocycles. The summed E-state index contributed by atoms with van der Waals surface area (Å²) in [5, 5.41) is 13.0. The zero-order valence-electron chi connectivity index (χ0n) is 10.0. The van der Waals surface area contributed by atoms with E-state index < -0.39 is 22.7 Å². The first-order valence-electron chi connectivity index (χ1n) is 5.33. The molecule has 0 aliphatic carbocycles. The van der Waals surface area contributed by atoms with Gasteiger partial charge in [0.2, 0.25) is 5.91 Å². The van der Waals surface area contributed by atoms with Gasteiger partial charge in [0.15, 0.2) is 0 Å². The number of carbonyl (C=O) groups excluding carboxylic acids is 1. The number of hydrogen-bond acceptors (Lipinski definition) is 4. The van der Waals surface area contributed by atoms with Crippen LogP contribution in [0.4, 0.5) is 15.8 Å². The van der Waals surface area contributed by atoms with Crippen LogP contribution in [0.5, 0.6) is 0 Å². The molecule has 1 aromatic rings. The molecule has 0 aliphatic heterocycles. The molecule has 0 spiro atoms. The second-order valence-electron chi connectivity index (χ2n) is 4.18. The maximum Gasteiger partial charge on any atom is 0.292 e. The minimum atomic E-state index is -0.812. The lowest BCUT2D eigenvalue weighted by molar-refractivity contribution is -0.384. The van der Waals surface area contributed by atoms with Crippen molar-refractivity contribution in [3.8, 4) is 0 Å². The van der Waals surface area contributed by atoms with Crippen molar-refractivity contribution in [2.24, 2.45) is 11.7 Å². The Hall–Kier alpha value is -2.02. The molecule has 6 nitrogen and oxygen atoms in total. The monoisotopic (exact) mass is 255 g/mol. The van der Waals surface area contributed by atoms with Crippen molar-refractivity contribution in [3.63, 3.8) is 0 Å². The van der Waals surface area contributed by atoms with E-state index in [1.165, 1.54) is 0 Å². The smallest absolute Gasteiger partial charge is 0.292 e. The fraction of sp³-hybridized carbons (Fsp3) is 0.364. The highest BCUT2D eigenvalue weighted by molar-refractivity contribution is 5.96. The number of nitro groups is 1. The molecule has 1 aromatic carbocycles. The van der Waals surface area contributed by atoms with Crippen LogP contribution in [0.3, 0.4) is 0 Å². The van der Waals surface area contributed by atoms with Crippen molar-refractivity contribution in [1.29, 1.82) is 0 Å². The van der Waals surface area contributed by atoms with Crippen LogP contribution >= 0.6 is 0 Å². The Morgan fingerprint density at radius 2 is 2.11 bits per heavy atom. The summed E-state index contributed by atoms with van der Waals surface area (Å²) in [5.74, 6) is -1.38. The number of halogens is 1. The Morgan fingerprint density at radius 3 is 2.61 bits per heavy atom. The third-order valence-corrected chi connectivity index (χ3v) is 2.43. The maximum atomic E-state index is 13.0. The molecule has 0 aliphatic rings. The number of benzene rings is 1. The van der Waals surface area contributed by atoms with Crippen molar-refractivity contribution in [3.05, 3.63) is 34.1 Å². The van der Waals surface area contributed by atoms with Crippen LogP contribution in [0.25, 0.3) is 0 Å². The zero-order valence-corrected chi connectivity index (χ0v) is 10.0. The van der Waals surface area contributed by atoms with Gasteiger partial charge in [-0.05, 0) is 12.0 Å². The summed E-state index contributed by atoms with van der Waals surface area (Å²) in [6.07, 6.45) is 0. The molecule has 0 heterocycles. The van der Waals surface area contributed by atoms with E-state index in [0.29, 0.717) is 0 Å². The molecule has 98 valence electrons. The SMILES string of the molecule is CC(C)[C@H](N)C(=O)Nc1cc(F)ccc1[N+](=O)[O-]. The average molecular weight is 255 g/mol. The first-order valence-corrected chi connectivity index (χ1v) is 5.33. The van der Waals surface area contributed by atoms with Crippen LogP contribution in [0, 0.1) is 21.8 Å². The molecule has 1 amide bonds. The zero-order chi connectivity index (χ0) is 13.9. The van der Waals surface area contributed by atoms with Crippen LogP contribution in [0.2, 0.25) is 0 Å². The van der Waals surface area contributed by atoms with Crippen LogP contribution in [-0.2, 0) is 4.79 Å². The van der Waals surface area contributed by atoms with Gasteiger partial charge in [-0.25, -0.2) is 4.39 Å². The Labute approximate surface area is 103 Å². The summed E-state index contributed by atoms with van der Waals surface area (Å²) in [6.45, 7) is 3.48. The predicted octanol–water partition coefficient (Wildman–Crippen LogP) is 1.66. The van der Waals surface area contributed by atoms with Gasteiger partial charge in [-0.15, -0.1) is 0 Å². The quantitative estimate of drug-likeness (QED) is 0.631. The standard InChI is InChI=1S/C11H14FN3O3/c1-6(2)10(13)11(16)14-8-5-7(12)3-4-9(8)15(17)18/h3-6,10H,13H2,1-2H3,(H,14,16)/t10-/m0/s1. The number of carbonyl (C=O) groups is 1. The van der Waals surface area contributed by atoms with Crippen molar-refractivity contribution in [2.75, 3.05) is 5.32 Å². The van der Waals surface area contributed by atoms with Crippen LogP contribution in [-0.4, -0.2) is 16.9 Å².